The number of pyridine rings is 1. The first-order valence-electron chi connectivity index (χ1n) is 8.76. The summed E-state index contributed by atoms with van der Waals surface area (Å²) in [6, 6.07) is 11.3. The molecule has 0 aliphatic carbocycles. The van der Waals surface area contributed by atoms with Crippen LogP contribution in [0.4, 0.5) is 0 Å². The summed E-state index contributed by atoms with van der Waals surface area (Å²) >= 11 is 0. The molecule has 25 heavy (non-hydrogen) atoms. The summed E-state index contributed by atoms with van der Waals surface area (Å²) in [7, 11) is 0. The monoisotopic (exact) mass is 340 g/mol. The van der Waals surface area contributed by atoms with E-state index in [4.69, 9.17) is 9.47 Å². The minimum Gasteiger partial charge on any atom is -0.494 e. The fraction of sp³-hybridized carbons (Fsp3) is 0.400. The number of amides is 1. The van der Waals surface area contributed by atoms with E-state index in [-0.39, 0.29) is 17.9 Å². The van der Waals surface area contributed by atoms with E-state index in [0.29, 0.717) is 25.4 Å². The summed E-state index contributed by atoms with van der Waals surface area (Å²) in [6.07, 6.45) is 5.42. The van der Waals surface area contributed by atoms with Crippen LogP contribution in [0, 0.1) is 5.92 Å². The van der Waals surface area contributed by atoms with Crippen LogP contribution in [0.1, 0.15) is 29.3 Å². The Hall–Kier alpha value is -2.40. The van der Waals surface area contributed by atoms with Crippen LogP contribution in [-0.2, 0) is 11.2 Å². The quantitative estimate of drug-likeness (QED) is 0.842. The minimum absolute atomic E-state index is 0.0247. The first kappa shape index (κ1) is 17.4. The van der Waals surface area contributed by atoms with Gasteiger partial charge in [0.1, 0.15) is 5.75 Å². The lowest BCUT2D eigenvalue weighted by atomic mass is 9.95. The SMILES string of the molecule is CCCOc1ccc(C(=O)N[C@H]2COC[C@H]2Cc2ccncc2)cc1. The van der Waals surface area contributed by atoms with Gasteiger partial charge in [-0.05, 0) is 54.8 Å². The molecule has 1 aliphatic rings. The minimum atomic E-state index is -0.0720. The summed E-state index contributed by atoms with van der Waals surface area (Å²) < 4.78 is 11.1. The molecule has 0 radical (unpaired) electrons. The Morgan fingerprint density at radius 2 is 1.96 bits per heavy atom. The highest BCUT2D eigenvalue weighted by atomic mass is 16.5. The van der Waals surface area contributed by atoms with Gasteiger partial charge in [0.25, 0.3) is 5.91 Å². The van der Waals surface area contributed by atoms with E-state index < -0.39 is 0 Å². The summed E-state index contributed by atoms with van der Waals surface area (Å²) in [4.78, 5) is 16.5. The van der Waals surface area contributed by atoms with Crippen molar-refractivity contribution in [3.63, 3.8) is 0 Å². The van der Waals surface area contributed by atoms with E-state index >= 15 is 0 Å². The van der Waals surface area contributed by atoms with Gasteiger partial charge in [-0.1, -0.05) is 6.92 Å². The molecule has 2 aromatic rings. The number of rotatable bonds is 7. The Balaban J connectivity index is 1.57. The zero-order valence-corrected chi connectivity index (χ0v) is 14.5. The number of hydrogen-bond donors (Lipinski definition) is 1. The van der Waals surface area contributed by atoms with Crippen LogP contribution in [0.15, 0.2) is 48.8 Å². The molecule has 0 saturated carbocycles. The average molecular weight is 340 g/mol. The van der Waals surface area contributed by atoms with Gasteiger partial charge in [-0.25, -0.2) is 0 Å². The van der Waals surface area contributed by atoms with E-state index in [9.17, 15) is 4.79 Å². The van der Waals surface area contributed by atoms with Crippen LogP contribution in [0.3, 0.4) is 0 Å². The Bertz CT molecular complexity index is 673. The van der Waals surface area contributed by atoms with Crippen LogP contribution in [0.2, 0.25) is 0 Å². The lowest BCUT2D eigenvalue weighted by Crippen LogP contribution is -2.40. The van der Waals surface area contributed by atoms with Crippen LogP contribution in [0.25, 0.3) is 0 Å². The predicted octanol–water partition coefficient (Wildman–Crippen LogP) is 2.86. The molecule has 1 fully saturated rings. The number of aromatic nitrogens is 1. The summed E-state index contributed by atoms with van der Waals surface area (Å²) in [6.45, 7) is 3.96. The fourth-order valence-corrected chi connectivity index (χ4v) is 2.96. The molecule has 132 valence electrons. The normalized spacial score (nSPS) is 19.6. The van der Waals surface area contributed by atoms with Gasteiger partial charge >= 0.3 is 0 Å². The molecule has 0 spiro atoms. The maximum Gasteiger partial charge on any atom is 0.251 e. The lowest BCUT2D eigenvalue weighted by Gasteiger charge is -2.19. The maximum absolute atomic E-state index is 12.5. The molecule has 5 nitrogen and oxygen atoms in total. The molecule has 1 aromatic heterocycles. The average Bonchev–Trinajstić information content (AvgIpc) is 3.08. The van der Waals surface area contributed by atoms with Gasteiger partial charge in [-0.2, -0.15) is 0 Å². The van der Waals surface area contributed by atoms with Gasteiger partial charge in [-0.15, -0.1) is 0 Å². The van der Waals surface area contributed by atoms with Crippen molar-refractivity contribution < 1.29 is 14.3 Å². The van der Waals surface area contributed by atoms with Gasteiger partial charge in [0.15, 0.2) is 0 Å². The third-order valence-electron chi connectivity index (χ3n) is 4.35. The van der Waals surface area contributed by atoms with Gasteiger partial charge in [0.2, 0.25) is 0 Å². The second kappa shape index (κ2) is 8.62. The van der Waals surface area contributed by atoms with E-state index in [0.717, 1.165) is 18.6 Å². The van der Waals surface area contributed by atoms with Crippen LogP contribution in [0.5, 0.6) is 5.75 Å². The number of benzene rings is 1. The largest absolute Gasteiger partial charge is 0.494 e. The van der Waals surface area contributed by atoms with E-state index in [1.54, 1.807) is 24.5 Å². The smallest absolute Gasteiger partial charge is 0.251 e. The molecule has 3 rings (SSSR count). The second-order valence-electron chi connectivity index (χ2n) is 6.31. The molecule has 0 bridgehead atoms. The van der Waals surface area contributed by atoms with Crippen molar-refractivity contribution in [3.05, 3.63) is 59.9 Å². The van der Waals surface area contributed by atoms with Crippen molar-refractivity contribution in [2.24, 2.45) is 5.92 Å². The third kappa shape index (κ3) is 4.79. The summed E-state index contributed by atoms with van der Waals surface area (Å²) in [5.74, 6) is 0.994. The van der Waals surface area contributed by atoms with Crippen molar-refractivity contribution >= 4 is 5.91 Å². The first-order chi connectivity index (χ1) is 12.3. The summed E-state index contributed by atoms with van der Waals surface area (Å²) in [5.41, 5.74) is 1.85. The molecule has 5 heteroatoms. The number of ether oxygens (including phenoxy) is 2. The Morgan fingerprint density at radius 3 is 2.68 bits per heavy atom. The highest BCUT2D eigenvalue weighted by Crippen LogP contribution is 2.20. The van der Waals surface area contributed by atoms with Crippen LogP contribution in [-0.4, -0.2) is 36.8 Å². The van der Waals surface area contributed by atoms with E-state index in [1.807, 2.05) is 24.3 Å². The van der Waals surface area contributed by atoms with Crippen molar-refractivity contribution in [2.75, 3.05) is 19.8 Å². The molecule has 2 heterocycles. The Labute approximate surface area is 148 Å². The standard InChI is InChI=1S/C20H24N2O3/c1-2-11-25-18-5-3-16(4-6-18)20(23)22-19-14-24-13-17(19)12-15-7-9-21-10-8-15/h3-10,17,19H,2,11-14H2,1H3,(H,22,23)/t17-,19+/m1/s1. The maximum atomic E-state index is 12.5. The van der Waals surface area contributed by atoms with E-state index in [1.165, 1.54) is 5.56 Å². The van der Waals surface area contributed by atoms with Crippen molar-refractivity contribution in [3.8, 4) is 5.75 Å². The molecule has 1 N–H and O–H groups in total. The molecule has 2 atom stereocenters. The highest BCUT2D eigenvalue weighted by Gasteiger charge is 2.29. The molecule has 1 aromatic carbocycles. The van der Waals surface area contributed by atoms with Gasteiger partial charge in [-0.3, -0.25) is 9.78 Å². The van der Waals surface area contributed by atoms with Crippen LogP contribution >= 0.6 is 0 Å². The van der Waals surface area contributed by atoms with Gasteiger partial charge in [0, 0.05) is 23.9 Å². The third-order valence-corrected chi connectivity index (χ3v) is 4.35. The second-order valence-corrected chi connectivity index (χ2v) is 6.31. The molecule has 1 aliphatic heterocycles. The van der Waals surface area contributed by atoms with Crippen molar-refractivity contribution in [2.45, 2.75) is 25.8 Å². The predicted molar refractivity (Wildman–Crippen MR) is 95.7 cm³/mol. The topological polar surface area (TPSA) is 60.5 Å². The van der Waals surface area contributed by atoms with Gasteiger partial charge < -0.3 is 14.8 Å². The number of carbonyl (C=O) groups is 1. The van der Waals surface area contributed by atoms with Crippen molar-refractivity contribution in [1.82, 2.24) is 10.3 Å². The molecular formula is C20H24N2O3. The highest BCUT2D eigenvalue weighted by molar-refractivity contribution is 5.94. The van der Waals surface area contributed by atoms with Crippen molar-refractivity contribution in [1.29, 1.82) is 0 Å². The first-order valence-corrected chi connectivity index (χ1v) is 8.76. The Kier molecular flexibility index (Phi) is 6.01. The lowest BCUT2D eigenvalue weighted by molar-refractivity contribution is 0.0925. The zero-order chi connectivity index (χ0) is 17.5. The molecule has 0 unspecified atom stereocenters. The molecule has 1 saturated heterocycles. The van der Waals surface area contributed by atoms with Crippen LogP contribution < -0.4 is 10.1 Å². The number of nitrogens with one attached hydrogen (secondary N) is 1. The van der Waals surface area contributed by atoms with E-state index in [2.05, 4.69) is 17.2 Å². The number of nitrogens with zero attached hydrogens (tertiary/aromatic N) is 1. The summed E-state index contributed by atoms with van der Waals surface area (Å²) in [5, 5.41) is 3.11. The molecular weight excluding hydrogens is 316 g/mol. The van der Waals surface area contributed by atoms with Gasteiger partial charge in [0.05, 0.1) is 25.9 Å². The number of hydrogen-bond acceptors (Lipinski definition) is 4. The Morgan fingerprint density at radius 1 is 1.20 bits per heavy atom. The molecule has 1 amide bonds. The fourth-order valence-electron chi connectivity index (χ4n) is 2.96. The number of carbonyl (C=O) groups excluding carboxylic acids is 1. The zero-order valence-electron chi connectivity index (χ0n) is 14.5.